The summed E-state index contributed by atoms with van der Waals surface area (Å²) in [6.45, 7) is 0.865. The molecule has 0 spiro atoms. The molecule has 0 aromatic heterocycles. The minimum atomic E-state index is -0.681. The topological polar surface area (TPSA) is 170 Å². The Hall–Kier alpha value is -1.46. The largest absolute Gasteiger partial charge is 0.465 e. The van der Waals surface area contributed by atoms with E-state index in [0.717, 1.165) is 6.42 Å². The summed E-state index contributed by atoms with van der Waals surface area (Å²) in [4.78, 5) is 19.7. The maximum absolute atomic E-state index is 11.5. The third-order valence-electron chi connectivity index (χ3n) is 2.51. The molecule has 0 radical (unpaired) electrons. The Balaban J connectivity index is 3.49. The van der Waals surface area contributed by atoms with E-state index in [9.17, 15) is 4.79 Å². The van der Waals surface area contributed by atoms with Crippen molar-refractivity contribution in [2.45, 2.75) is 38.1 Å². The lowest BCUT2D eigenvalue weighted by atomic mass is 10.2. The molecule has 0 saturated carbocycles. The maximum Gasteiger partial charge on any atom is 0.322 e. The second-order valence-corrected chi connectivity index (χ2v) is 4.37. The van der Waals surface area contributed by atoms with Crippen molar-refractivity contribution in [1.82, 2.24) is 5.39 Å². The van der Waals surface area contributed by atoms with Gasteiger partial charge in [0.2, 0.25) is 0 Å². The van der Waals surface area contributed by atoms with Crippen molar-refractivity contribution >= 4 is 11.9 Å². The van der Waals surface area contributed by atoms with Crippen LogP contribution >= 0.6 is 0 Å². The Morgan fingerprint density at radius 3 is 2.43 bits per heavy atom. The monoisotopic (exact) mass is 307 g/mol. The van der Waals surface area contributed by atoms with Crippen LogP contribution in [0.2, 0.25) is 0 Å². The van der Waals surface area contributed by atoms with E-state index in [1.807, 2.05) is 0 Å². The summed E-state index contributed by atoms with van der Waals surface area (Å²) in [6, 6.07) is -0.681. The van der Waals surface area contributed by atoms with E-state index in [1.165, 1.54) is 0 Å². The smallest absolute Gasteiger partial charge is 0.322 e. The van der Waals surface area contributed by atoms with Gasteiger partial charge in [0.25, 0.3) is 0 Å². The first-order chi connectivity index (χ1) is 9.93. The molecule has 0 saturated heterocycles. The van der Waals surface area contributed by atoms with E-state index in [4.69, 9.17) is 32.4 Å². The molecule has 1 atom stereocenters. The fourth-order valence-corrected chi connectivity index (χ4v) is 1.44. The van der Waals surface area contributed by atoms with Gasteiger partial charge in [-0.25, -0.2) is 0 Å². The molecule has 10 heteroatoms. The van der Waals surface area contributed by atoms with Gasteiger partial charge in [0.05, 0.1) is 18.6 Å². The molecule has 10 nitrogen and oxygen atoms in total. The number of hydrogen-bond donors (Lipinski definition) is 5. The Morgan fingerprint density at radius 1 is 1.14 bits per heavy atom. The first kappa shape index (κ1) is 19.5. The van der Waals surface area contributed by atoms with Crippen LogP contribution in [0.15, 0.2) is 4.99 Å². The molecule has 0 aliphatic carbocycles. The lowest BCUT2D eigenvalue weighted by molar-refractivity contribution is -0.492. The number of carbonyl (C=O) groups excluding carboxylic acids is 1. The van der Waals surface area contributed by atoms with E-state index >= 15 is 0 Å². The second kappa shape index (κ2) is 12.3. The Labute approximate surface area is 123 Å². The quantitative estimate of drug-likeness (QED) is 0.101. The number of aliphatic imine (C=N–C) groups is 1. The van der Waals surface area contributed by atoms with E-state index in [-0.39, 0.29) is 24.6 Å². The van der Waals surface area contributed by atoms with Crippen molar-refractivity contribution in [2.75, 3.05) is 19.8 Å². The van der Waals surface area contributed by atoms with E-state index in [1.54, 1.807) is 0 Å². The molecule has 0 heterocycles. The van der Waals surface area contributed by atoms with Gasteiger partial charge < -0.3 is 21.9 Å². The summed E-state index contributed by atoms with van der Waals surface area (Å²) in [7, 11) is 0. The average molecular weight is 307 g/mol. The number of hydrogen-bond acceptors (Lipinski definition) is 8. The van der Waals surface area contributed by atoms with Crippen LogP contribution in [0.4, 0.5) is 0 Å². The molecule has 0 aromatic rings. The molecule has 0 bridgehead atoms. The highest BCUT2D eigenvalue weighted by Crippen LogP contribution is 2.01. The van der Waals surface area contributed by atoms with Gasteiger partial charge in [-0.3, -0.25) is 25.0 Å². The Morgan fingerprint density at radius 2 is 1.81 bits per heavy atom. The molecule has 0 amide bonds. The highest BCUT2D eigenvalue weighted by atomic mass is 17.1. The van der Waals surface area contributed by atoms with Gasteiger partial charge in [-0.15, -0.1) is 0 Å². The van der Waals surface area contributed by atoms with Gasteiger partial charge in [-0.2, -0.15) is 0 Å². The van der Waals surface area contributed by atoms with Gasteiger partial charge in [-0.1, -0.05) is 0 Å². The predicted octanol–water partition coefficient (Wildman–Crippen LogP) is -0.907. The van der Waals surface area contributed by atoms with Crippen molar-refractivity contribution in [3.05, 3.63) is 0 Å². The summed E-state index contributed by atoms with van der Waals surface area (Å²) in [5, 5.41) is 16.2. The number of nitrogens with zero attached hydrogens (tertiary/aromatic N) is 2. The van der Waals surface area contributed by atoms with E-state index < -0.39 is 12.0 Å². The lowest BCUT2D eigenvalue weighted by Gasteiger charge is -2.11. The van der Waals surface area contributed by atoms with E-state index in [2.05, 4.69) is 9.83 Å². The summed E-state index contributed by atoms with van der Waals surface area (Å²) < 4.78 is 5.01. The van der Waals surface area contributed by atoms with Crippen molar-refractivity contribution in [2.24, 2.45) is 22.2 Å². The second-order valence-electron chi connectivity index (χ2n) is 4.37. The predicted molar refractivity (Wildman–Crippen MR) is 74.1 cm³/mol. The van der Waals surface area contributed by atoms with Crippen molar-refractivity contribution in [1.29, 1.82) is 0 Å². The van der Waals surface area contributed by atoms with Crippen LogP contribution < -0.4 is 17.2 Å². The fourth-order valence-electron chi connectivity index (χ4n) is 1.44. The molecule has 21 heavy (non-hydrogen) atoms. The molecule has 0 aromatic carbocycles. The number of nitrogens with two attached hydrogens (primary N) is 3. The number of esters is 1. The fraction of sp³-hybridized carbons (Fsp3) is 0.818. The highest BCUT2D eigenvalue weighted by Gasteiger charge is 2.14. The maximum atomic E-state index is 11.5. The zero-order chi connectivity index (χ0) is 16.1. The molecule has 0 aliphatic rings. The van der Waals surface area contributed by atoms with Crippen molar-refractivity contribution < 1.29 is 24.8 Å². The summed E-state index contributed by atoms with van der Waals surface area (Å²) in [5.41, 5.74) is 16.0. The molecular weight excluding hydrogens is 282 g/mol. The van der Waals surface area contributed by atoms with Crippen LogP contribution in [0, 0.1) is 0 Å². The molecule has 1 unspecified atom stereocenters. The first-order valence-electron chi connectivity index (χ1n) is 6.72. The SMILES string of the molecule is NC(N)=NCCCC(N)C(=O)OCCCCCON(O)O. The van der Waals surface area contributed by atoms with Crippen LogP contribution in [-0.2, 0) is 14.4 Å². The summed E-state index contributed by atoms with van der Waals surface area (Å²) in [6.07, 6.45) is 3.03. The Bertz CT molecular complexity index is 309. The molecule has 124 valence electrons. The molecule has 0 fully saturated rings. The van der Waals surface area contributed by atoms with Gasteiger partial charge in [0.15, 0.2) is 5.96 Å². The third kappa shape index (κ3) is 13.3. The van der Waals surface area contributed by atoms with Crippen LogP contribution in [0.25, 0.3) is 0 Å². The first-order valence-corrected chi connectivity index (χ1v) is 6.72. The van der Waals surface area contributed by atoms with Crippen molar-refractivity contribution in [3.63, 3.8) is 0 Å². The number of carbonyl (C=O) groups is 1. The zero-order valence-electron chi connectivity index (χ0n) is 12.0. The Kier molecular flexibility index (Phi) is 11.4. The number of guanidine groups is 1. The molecule has 0 rings (SSSR count). The van der Waals surface area contributed by atoms with Crippen LogP contribution in [0.1, 0.15) is 32.1 Å². The summed E-state index contributed by atoms with van der Waals surface area (Å²) in [5.74, 6) is -0.437. The van der Waals surface area contributed by atoms with Gasteiger partial charge >= 0.3 is 5.97 Å². The lowest BCUT2D eigenvalue weighted by Crippen LogP contribution is -2.32. The molecule has 8 N–H and O–H groups in total. The van der Waals surface area contributed by atoms with Gasteiger partial charge in [0.1, 0.15) is 6.04 Å². The van der Waals surface area contributed by atoms with Gasteiger partial charge in [0, 0.05) is 6.54 Å². The normalized spacial score (nSPS) is 12.2. The number of ether oxygens (including phenoxy) is 1. The molecular formula is C11H25N5O5. The van der Waals surface area contributed by atoms with Crippen molar-refractivity contribution in [3.8, 4) is 0 Å². The van der Waals surface area contributed by atoms with Crippen LogP contribution in [0.5, 0.6) is 0 Å². The zero-order valence-corrected chi connectivity index (χ0v) is 12.0. The minimum absolute atomic E-state index is 0.0145. The van der Waals surface area contributed by atoms with E-state index in [0.29, 0.717) is 32.2 Å². The van der Waals surface area contributed by atoms with Crippen LogP contribution in [-0.4, -0.2) is 53.5 Å². The standard InChI is InChI=1S/C11H25N5O5/c12-9(5-4-6-15-11(13)14)10(17)20-7-2-1-3-8-21-16(18)19/h9,18-19H,1-8,12H2,(H4,13,14,15). The third-order valence-corrected chi connectivity index (χ3v) is 2.51. The average Bonchev–Trinajstić information content (AvgIpc) is 2.41. The van der Waals surface area contributed by atoms with Crippen LogP contribution in [0.3, 0.4) is 0 Å². The summed E-state index contributed by atoms with van der Waals surface area (Å²) >= 11 is 0. The molecule has 0 aliphatic heterocycles. The minimum Gasteiger partial charge on any atom is -0.465 e. The highest BCUT2D eigenvalue weighted by molar-refractivity contribution is 5.76. The number of rotatable bonds is 12. The number of unbranched alkanes of at least 4 members (excludes halogenated alkanes) is 2. The van der Waals surface area contributed by atoms with Gasteiger partial charge in [-0.05, 0) is 32.1 Å².